The van der Waals surface area contributed by atoms with Crippen LogP contribution in [0.15, 0.2) is 0 Å². The maximum absolute atomic E-state index is 2.33. The molecule has 0 bridgehead atoms. The molecule has 2 aliphatic rings. The Labute approximate surface area is 77.7 Å². The van der Waals surface area contributed by atoms with E-state index in [-0.39, 0.29) is 0 Å². The smallest absolute Gasteiger partial charge is 0.0417 e. The normalized spacial score (nSPS) is 34.5. The standard InChI is InChI=1S/2C6H12/c1-5-3-4-6(5)2;1-2-4-6-5-3-1/h5-6H,3-4H2,1-2H3;1-6H2. The highest BCUT2D eigenvalue weighted by Gasteiger charge is 2.20. The van der Waals surface area contributed by atoms with E-state index in [1.54, 1.807) is 0 Å². The van der Waals surface area contributed by atoms with Crippen LogP contribution in [0.4, 0.5) is 0 Å². The summed E-state index contributed by atoms with van der Waals surface area (Å²) >= 11 is 0. The molecule has 0 aromatic carbocycles. The van der Waals surface area contributed by atoms with Crippen molar-refractivity contribution in [1.29, 1.82) is 0 Å². The van der Waals surface area contributed by atoms with Gasteiger partial charge in [-0.2, -0.15) is 0 Å². The van der Waals surface area contributed by atoms with Gasteiger partial charge in [-0.15, -0.1) is 0 Å². The third-order valence-corrected chi connectivity index (χ3v) is 3.55. The van der Waals surface area contributed by atoms with Crippen molar-refractivity contribution in [2.75, 3.05) is 0 Å². The predicted octanol–water partition coefficient (Wildman–Crippen LogP) is 4.39. The molecule has 0 aliphatic heterocycles. The Hall–Kier alpha value is 0. The minimum Gasteiger partial charge on any atom is -0.0623 e. The van der Waals surface area contributed by atoms with Crippen molar-refractivity contribution in [3.8, 4) is 0 Å². The summed E-state index contributed by atoms with van der Waals surface area (Å²) in [6.07, 6.45) is 11.9. The Kier molecular flexibility index (Phi) is 4.72. The molecular formula is C12H24. The zero-order valence-electron chi connectivity index (χ0n) is 8.81. The Morgan fingerprint density at radius 3 is 0.917 bits per heavy atom. The van der Waals surface area contributed by atoms with Crippen LogP contribution in [0.3, 0.4) is 0 Å². The Morgan fingerprint density at radius 1 is 0.583 bits per heavy atom. The molecule has 2 aliphatic carbocycles. The van der Waals surface area contributed by atoms with E-state index in [1.807, 2.05) is 0 Å². The van der Waals surface area contributed by atoms with Crippen molar-refractivity contribution < 1.29 is 0 Å². The van der Waals surface area contributed by atoms with Gasteiger partial charge in [-0.05, 0) is 11.8 Å². The van der Waals surface area contributed by atoms with Crippen LogP contribution in [0.25, 0.3) is 0 Å². The van der Waals surface area contributed by atoms with Gasteiger partial charge in [0.1, 0.15) is 0 Å². The van der Waals surface area contributed by atoms with Gasteiger partial charge in [0.25, 0.3) is 0 Å². The van der Waals surface area contributed by atoms with Crippen LogP contribution >= 0.6 is 0 Å². The summed E-state index contributed by atoms with van der Waals surface area (Å²) in [5, 5.41) is 0. The largest absolute Gasteiger partial charge is 0.0623 e. The van der Waals surface area contributed by atoms with Crippen molar-refractivity contribution in [2.24, 2.45) is 11.8 Å². The zero-order chi connectivity index (χ0) is 8.81. The molecule has 2 atom stereocenters. The van der Waals surface area contributed by atoms with Crippen LogP contribution in [0.2, 0.25) is 0 Å². The molecule has 2 unspecified atom stereocenters. The average molecular weight is 168 g/mol. The monoisotopic (exact) mass is 168 g/mol. The molecular weight excluding hydrogens is 144 g/mol. The molecule has 0 nitrogen and oxygen atoms in total. The molecule has 0 N–H and O–H groups in total. The lowest BCUT2D eigenvalue weighted by molar-refractivity contribution is 0.219. The molecule has 2 rings (SSSR count). The Morgan fingerprint density at radius 2 is 0.833 bits per heavy atom. The molecule has 0 heteroatoms. The lowest BCUT2D eigenvalue weighted by Crippen LogP contribution is -2.18. The zero-order valence-corrected chi connectivity index (χ0v) is 8.81. The fraction of sp³-hybridized carbons (Fsp3) is 1.00. The topological polar surface area (TPSA) is 0 Å². The molecule has 2 fully saturated rings. The van der Waals surface area contributed by atoms with Gasteiger partial charge < -0.3 is 0 Å². The summed E-state index contributed by atoms with van der Waals surface area (Å²) in [7, 11) is 0. The third-order valence-electron chi connectivity index (χ3n) is 3.55. The van der Waals surface area contributed by atoms with Crippen LogP contribution in [0.5, 0.6) is 0 Å². The summed E-state index contributed by atoms with van der Waals surface area (Å²) in [6, 6.07) is 0. The lowest BCUT2D eigenvalue weighted by Gasteiger charge is -2.29. The minimum absolute atomic E-state index is 1.03. The average Bonchev–Trinajstić information content (AvgIpc) is 2.19. The van der Waals surface area contributed by atoms with E-state index in [9.17, 15) is 0 Å². The van der Waals surface area contributed by atoms with Crippen molar-refractivity contribution in [3.63, 3.8) is 0 Å². The van der Waals surface area contributed by atoms with Gasteiger partial charge in [0.05, 0.1) is 0 Å². The summed E-state index contributed by atoms with van der Waals surface area (Å²) in [5.74, 6) is 2.06. The second-order valence-corrected chi connectivity index (χ2v) is 4.65. The lowest BCUT2D eigenvalue weighted by atomic mass is 9.77. The molecule has 0 aromatic heterocycles. The first kappa shape index (κ1) is 10.1. The Balaban J connectivity index is 0.000000120. The van der Waals surface area contributed by atoms with Gasteiger partial charge in [0, 0.05) is 0 Å². The van der Waals surface area contributed by atoms with Gasteiger partial charge in [0.15, 0.2) is 0 Å². The molecule has 2 saturated carbocycles. The summed E-state index contributed by atoms with van der Waals surface area (Å²) in [4.78, 5) is 0. The first-order valence-corrected chi connectivity index (χ1v) is 5.80. The molecule has 12 heavy (non-hydrogen) atoms. The van der Waals surface area contributed by atoms with Crippen molar-refractivity contribution >= 4 is 0 Å². The predicted molar refractivity (Wildman–Crippen MR) is 55.3 cm³/mol. The third kappa shape index (κ3) is 3.60. The first-order valence-electron chi connectivity index (χ1n) is 5.80. The van der Waals surface area contributed by atoms with E-state index >= 15 is 0 Å². The van der Waals surface area contributed by atoms with Crippen molar-refractivity contribution in [1.82, 2.24) is 0 Å². The van der Waals surface area contributed by atoms with E-state index in [0.717, 1.165) is 11.8 Å². The Bertz CT molecular complexity index is 83.1. The molecule has 0 heterocycles. The quantitative estimate of drug-likeness (QED) is 0.503. The van der Waals surface area contributed by atoms with Crippen LogP contribution in [-0.2, 0) is 0 Å². The number of hydrogen-bond acceptors (Lipinski definition) is 0. The van der Waals surface area contributed by atoms with E-state index in [1.165, 1.54) is 51.4 Å². The summed E-state index contributed by atoms with van der Waals surface area (Å²) in [5.41, 5.74) is 0. The molecule has 0 saturated heterocycles. The highest BCUT2D eigenvalue weighted by atomic mass is 14.3. The summed E-state index contributed by atoms with van der Waals surface area (Å²) in [6.45, 7) is 4.66. The van der Waals surface area contributed by atoms with E-state index in [4.69, 9.17) is 0 Å². The number of rotatable bonds is 0. The molecule has 0 amide bonds. The van der Waals surface area contributed by atoms with E-state index in [0.29, 0.717) is 0 Å². The van der Waals surface area contributed by atoms with Crippen LogP contribution in [0.1, 0.15) is 65.2 Å². The van der Waals surface area contributed by atoms with Crippen LogP contribution in [-0.4, -0.2) is 0 Å². The second-order valence-electron chi connectivity index (χ2n) is 4.65. The van der Waals surface area contributed by atoms with Gasteiger partial charge >= 0.3 is 0 Å². The van der Waals surface area contributed by atoms with Crippen molar-refractivity contribution in [2.45, 2.75) is 65.2 Å². The van der Waals surface area contributed by atoms with Gasteiger partial charge in [0.2, 0.25) is 0 Å². The van der Waals surface area contributed by atoms with Crippen LogP contribution < -0.4 is 0 Å². The molecule has 72 valence electrons. The second kappa shape index (κ2) is 5.61. The summed E-state index contributed by atoms with van der Waals surface area (Å²) < 4.78 is 0. The fourth-order valence-corrected chi connectivity index (χ4v) is 1.89. The molecule has 0 radical (unpaired) electrons. The van der Waals surface area contributed by atoms with E-state index < -0.39 is 0 Å². The van der Waals surface area contributed by atoms with Gasteiger partial charge in [-0.25, -0.2) is 0 Å². The fourth-order valence-electron chi connectivity index (χ4n) is 1.89. The highest BCUT2D eigenvalue weighted by Crippen LogP contribution is 2.32. The van der Waals surface area contributed by atoms with Gasteiger partial charge in [-0.3, -0.25) is 0 Å². The molecule has 0 aromatic rings. The first-order chi connectivity index (χ1) is 5.80. The maximum Gasteiger partial charge on any atom is -0.0417 e. The number of hydrogen-bond donors (Lipinski definition) is 0. The maximum atomic E-state index is 2.33. The van der Waals surface area contributed by atoms with Crippen molar-refractivity contribution in [3.05, 3.63) is 0 Å². The van der Waals surface area contributed by atoms with Gasteiger partial charge in [-0.1, -0.05) is 65.2 Å². The SMILES string of the molecule is C1CCCCC1.CC1CCC1C. The van der Waals surface area contributed by atoms with E-state index in [2.05, 4.69) is 13.8 Å². The minimum atomic E-state index is 1.03. The molecule has 0 spiro atoms. The van der Waals surface area contributed by atoms with Crippen LogP contribution in [0, 0.1) is 11.8 Å². The highest BCUT2D eigenvalue weighted by molar-refractivity contribution is 4.71.